The van der Waals surface area contributed by atoms with Gasteiger partial charge in [-0.2, -0.15) is 26.3 Å². The Hall–Kier alpha value is -4.69. The second-order valence-electron chi connectivity index (χ2n) is 12.7. The summed E-state index contributed by atoms with van der Waals surface area (Å²) in [6, 6.07) is 2.49. The highest BCUT2D eigenvalue weighted by molar-refractivity contribution is 5.88. The Bertz CT molecular complexity index is 1760. The number of methoxy groups -OCH3 is 1. The van der Waals surface area contributed by atoms with E-state index in [0.717, 1.165) is 11.6 Å². The van der Waals surface area contributed by atoms with Crippen molar-refractivity contribution in [1.29, 1.82) is 0 Å². The smallest absolute Gasteiger partial charge is 0.416 e. The molecule has 264 valence electrons. The summed E-state index contributed by atoms with van der Waals surface area (Å²) in [6.07, 6.45) is -8.90. The molecular formula is C34H34F7N3O5. The van der Waals surface area contributed by atoms with Crippen LogP contribution in [0.3, 0.4) is 0 Å². The van der Waals surface area contributed by atoms with Gasteiger partial charge in [-0.1, -0.05) is 20.4 Å². The summed E-state index contributed by atoms with van der Waals surface area (Å²) in [5, 5.41) is 9.21. The van der Waals surface area contributed by atoms with E-state index in [1.807, 2.05) is 13.8 Å². The van der Waals surface area contributed by atoms with Gasteiger partial charge >= 0.3 is 24.4 Å². The fourth-order valence-corrected chi connectivity index (χ4v) is 5.84. The Kier molecular flexibility index (Phi) is 10.4. The molecule has 2 aliphatic rings. The third-order valence-electron chi connectivity index (χ3n) is 8.49. The molecule has 1 fully saturated rings. The van der Waals surface area contributed by atoms with Crippen molar-refractivity contribution in [2.75, 3.05) is 13.7 Å². The average Bonchev–Trinajstić information content (AvgIpc) is 3.27. The van der Waals surface area contributed by atoms with Gasteiger partial charge in [0.1, 0.15) is 17.6 Å². The molecule has 2 aromatic rings. The predicted molar refractivity (Wildman–Crippen MR) is 165 cm³/mol. The van der Waals surface area contributed by atoms with Crippen LogP contribution in [0.15, 0.2) is 65.4 Å². The molecule has 0 spiro atoms. The van der Waals surface area contributed by atoms with Gasteiger partial charge in [0.25, 0.3) is 0 Å². The number of rotatable bonds is 9. The van der Waals surface area contributed by atoms with Crippen LogP contribution in [0.2, 0.25) is 0 Å². The van der Waals surface area contributed by atoms with Gasteiger partial charge in [-0.3, -0.25) is 4.90 Å². The SMILES string of the molecule is C=C(/C=C(\C=C(/C)[C@H]1OC(=O)N(CC2=C(c3nc(-c4ccc(C(=O)O)cc4F)ncc3OC)CCC(C)(C)C2)[C@H]1C)C(F)(F)F)C(F)(F)F. The first kappa shape index (κ1) is 37.1. The lowest BCUT2D eigenvalue weighted by molar-refractivity contribution is -0.0932. The molecule has 0 saturated carbocycles. The maximum atomic E-state index is 15.0. The lowest BCUT2D eigenvalue weighted by Crippen LogP contribution is -2.37. The van der Waals surface area contributed by atoms with E-state index in [1.54, 1.807) is 6.92 Å². The Morgan fingerprint density at radius 2 is 1.86 bits per heavy atom. The van der Waals surface area contributed by atoms with Crippen LogP contribution in [0.25, 0.3) is 17.0 Å². The van der Waals surface area contributed by atoms with Gasteiger partial charge in [-0.25, -0.2) is 23.9 Å². The topological polar surface area (TPSA) is 102 Å². The van der Waals surface area contributed by atoms with Crippen molar-refractivity contribution in [1.82, 2.24) is 14.9 Å². The number of aromatic nitrogens is 2. The molecule has 49 heavy (non-hydrogen) atoms. The molecule has 0 bridgehead atoms. The number of carboxylic acid groups (broad SMARTS) is 1. The normalized spacial score (nSPS) is 20.4. The highest BCUT2D eigenvalue weighted by Crippen LogP contribution is 2.45. The van der Waals surface area contributed by atoms with E-state index in [4.69, 9.17) is 9.47 Å². The van der Waals surface area contributed by atoms with E-state index >= 15 is 0 Å². The molecule has 1 aromatic heterocycles. The zero-order chi connectivity index (χ0) is 36.6. The van der Waals surface area contributed by atoms with Crippen molar-refractivity contribution < 1.29 is 54.9 Å². The molecule has 0 radical (unpaired) electrons. The van der Waals surface area contributed by atoms with Crippen molar-refractivity contribution in [3.63, 3.8) is 0 Å². The minimum absolute atomic E-state index is 0.0282. The van der Waals surface area contributed by atoms with Crippen molar-refractivity contribution in [3.05, 3.63) is 82.5 Å². The number of hydrogen-bond acceptors (Lipinski definition) is 6. The van der Waals surface area contributed by atoms with E-state index in [1.165, 1.54) is 37.3 Å². The number of ether oxygens (including phenoxy) is 2. The molecule has 1 N–H and O–H groups in total. The molecular weight excluding hydrogens is 663 g/mol. The molecule has 1 saturated heterocycles. The number of nitrogens with zero attached hydrogens (tertiary/aromatic N) is 3. The van der Waals surface area contributed by atoms with Crippen molar-refractivity contribution in [2.24, 2.45) is 5.41 Å². The first-order valence-corrected chi connectivity index (χ1v) is 15.0. The maximum Gasteiger partial charge on any atom is 0.416 e. The van der Waals surface area contributed by atoms with E-state index in [2.05, 4.69) is 16.5 Å². The molecule has 0 unspecified atom stereocenters. The molecule has 2 heterocycles. The average molecular weight is 698 g/mol. The summed E-state index contributed by atoms with van der Waals surface area (Å²) in [7, 11) is 1.39. The standard InChI is InChI=1S/C34H34F7N3O5/c1-17(11-22(34(39,40)41)12-18(2)33(36,37)38)28-19(3)44(31(47)49-28)16-21-14-32(4,5)10-9-23(21)27-26(48-6)15-42-29(43-27)24-8-7-20(30(45)46)13-25(24)35/h7-8,11-13,15,19,28H,2,9-10,14,16H2,1,3-6H3,(H,45,46)/b17-11+,22-12+/t19-,28+/m0/s1. The van der Waals surface area contributed by atoms with Gasteiger partial charge in [0.15, 0.2) is 11.6 Å². The second kappa shape index (κ2) is 13.7. The summed E-state index contributed by atoms with van der Waals surface area (Å²) in [4.78, 5) is 34.6. The molecule has 8 nitrogen and oxygen atoms in total. The van der Waals surface area contributed by atoms with E-state index in [-0.39, 0.29) is 46.3 Å². The van der Waals surface area contributed by atoms with Gasteiger partial charge in [0.2, 0.25) is 0 Å². The first-order chi connectivity index (χ1) is 22.6. The predicted octanol–water partition coefficient (Wildman–Crippen LogP) is 8.72. The number of allylic oxidation sites excluding steroid dienone is 5. The van der Waals surface area contributed by atoms with Gasteiger partial charge in [0.05, 0.1) is 36.0 Å². The molecule has 1 aromatic carbocycles. The number of carboxylic acids is 1. The fraction of sp³-hybridized carbons (Fsp3) is 0.412. The minimum atomic E-state index is -5.15. The highest BCUT2D eigenvalue weighted by atomic mass is 19.4. The molecule has 1 amide bonds. The quantitative estimate of drug-likeness (QED) is 0.207. The van der Waals surface area contributed by atoms with Crippen molar-refractivity contribution >= 4 is 17.6 Å². The van der Waals surface area contributed by atoms with E-state index < -0.39 is 53.5 Å². The highest BCUT2D eigenvalue weighted by Gasteiger charge is 2.43. The lowest BCUT2D eigenvalue weighted by Gasteiger charge is -2.35. The van der Waals surface area contributed by atoms with Gasteiger partial charge in [-0.05, 0) is 85.6 Å². The Morgan fingerprint density at radius 1 is 1.18 bits per heavy atom. The van der Waals surface area contributed by atoms with Crippen LogP contribution in [-0.4, -0.2) is 70.2 Å². The Balaban J connectivity index is 1.73. The largest absolute Gasteiger partial charge is 0.493 e. The zero-order valence-corrected chi connectivity index (χ0v) is 27.2. The van der Waals surface area contributed by atoms with Gasteiger partial charge < -0.3 is 14.6 Å². The summed E-state index contributed by atoms with van der Waals surface area (Å²) >= 11 is 0. The Morgan fingerprint density at radius 3 is 2.43 bits per heavy atom. The third-order valence-corrected chi connectivity index (χ3v) is 8.49. The summed E-state index contributed by atoms with van der Waals surface area (Å²) in [5.74, 6) is -1.96. The summed E-state index contributed by atoms with van der Waals surface area (Å²) in [5.41, 5.74) is -2.26. The molecule has 2 atom stereocenters. The minimum Gasteiger partial charge on any atom is -0.493 e. The molecule has 1 aliphatic heterocycles. The van der Waals surface area contributed by atoms with Crippen molar-refractivity contribution in [2.45, 2.75) is 71.5 Å². The van der Waals surface area contributed by atoms with Crippen LogP contribution in [0, 0.1) is 11.2 Å². The molecule has 1 aliphatic carbocycles. The zero-order valence-electron chi connectivity index (χ0n) is 27.2. The van der Waals surface area contributed by atoms with E-state index in [9.17, 15) is 45.4 Å². The van der Waals surface area contributed by atoms with Gasteiger partial charge in [0, 0.05) is 12.1 Å². The Labute approximate surface area is 277 Å². The van der Waals surface area contributed by atoms with Crippen LogP contribution < -0.4 is 4.74 Å². The summed E-state index contributed by atoms with van der Waals surface area (Å²) in [6.45, 7) is 9.50. The fourth-order valence-electron chi connectivity index (χ4n) is 5.84. The van der Waals surface area contributed by atoms with Crippen LogP contribution in [0.5, 0.6) is 5.75 Å². The monoisotopic (exact) mass is 697 g/mol. The number of halogens is 7. The number of cyclic esters (lactones) is 1. The van der Waals surface area contributed by atoms with E-state index in [0.29, 0.717) is 36.6 Å². The van der Waals surface area contributed by atoms with Crippen molar-refractivity contribution in [3.8, 4) is 17.1 Å². The first-order valence-electron chi connectivity index (χ1n) is 15.0. The number of alkyl halides is 6. The maximum absolute atomic E-state index is 15.0. The number of hydrogen-bond donors (Lipinski definition) is 1. The van der Waals surface area contributed by atoms with Crippen LogP contribution in [0.4, 0.5) is 35.5 Å². The van der Waals surface area contributed by atoms with Crippen LogP contribution >= 0.6 is 0 Å². The third kappa shape index (κ3) is 8.31. The van der Waals surface area contributed by atoms with Gasteiger partial charge in [-0.15, -0.1) is 0 Å². The molecule has 4 rings (SSSR count). The molecule has 15 heteroatoms. The van der Waals surface area contributed by atoms with Crippen LogP contribution in [-0.2, 0) is 4.74 Å². The number of amides is 1. The number of benzene rings is 1. The summed E-state index contributed by atoms with van der Waals surface area (Å²) < 4.78 is 106. The number of carbonyl (C=O) groups excluding carboxylic acids is 1. The number of aromatic carboxylic acids is 1. The van der Waals surface area contributed by atoms with Crippen LogP contribution in [0.1, 0.15) is 63.0 Å². The lowest BCUT2D eigenvalue weighted by atomic mass is 9.73. The number of carbonyl (C=O) groups is 2. The second-order valence-corrected chi connectivity index (χ2v) is 12.7.